The summed E-state index contributed by atoms with van der Waals surface area (Å²) < 4.78 is 62.2. The maximum atomic E-state index is 15.0. The van der Waals surface area contributed by atoms with E-state index in [1.807, 2.05) is 13.8 Å². The Bertz CT molecular complexity index is 1410. The summed E-state index contributed by atoms with van der Waals surface area (Å²) in [4.78, 5) is 27.4. The molecule has 0 saturated carbocycles. The fourth-order valence-corrected chi connectivity index (χ4v) is 5.41. The number of benzene rings is 1. The molecule has 45 heavy (non-hydrogen) atoms. The van der Waals surface area contributed by atoms with Gasteiger partial charge in [-0.15, -0.1) is 25.7 Å². The van der Waals surface area contributed by atoms with Gasteiger partial charge in [0.05, 0.1) is 18.5 Å². The van der Waals surface area contributed by atoms with E-state index in [0.29, 0.717) is 23.4 Å². The van der Waals surface area contributed by atoms with Gasteiger partial charge in [-0.1, -0.05) is 32.0 Å². The van der Waals surface area contributed by atoms with Crippen LogP contribution in [0, 0.1) is 37.7 Å². The molecule has 1 aromatic carbocycles. The number of ether oxygens (including phenoxy) is 2. The van der Waals surface area contributed by atoms with E-state index in [4.69, 9.17) is 18.5 Å². The van der Waals surface area contributed by atoms with Gasteiger partial charge in [-0.2, -0.15) is 14.4 Å². The minimum absolute atomic E-state index is 0.0157. The van der Waals surface area contributed by atoms with E-state index >= 15 is 0 Å². The molecule has 246 valence electrons. The number of esters is 1. The monoisotopic (exact) mass is 650 g/mol. The topological polar surface area (TPSA) is 141 Å². The average molecular weight is 651 g/mol. The van der Waals surface area contributed by atoms with Crippen LogP contribution in [0.15, 0.2) is 36.7 Å². The van der Waals surface area contributed by atoms with Crippen LogP contribution in [0.25, 0.3) is 11.2 Å². The molecule has 2 aromatic heterocycles. The van der Waals surface area contributed by atoms with Crippen molar-refractivity contribution < 1.29 is 36.7 Å². The first kappa shape index (κ1) is 39.0. The molecule has 15 heteroatoms. The van der Waals surface area contributed by atoms with Gasteiger partial charge in [0.25, 0.3) is 0 Å². The number of carbonyl (C=O) groups is 1. The quantitative estimate of drug-likeness (QED) is 0.121. The van der Waals surface area contributed by atoms with Crippen LogP contribution in [0.2, 0.25) is 0 Å². The highest BCUT2D eigenvalue weighted by molar-refractivity contribution is 7.52. The Kier molecular flexibility index (Phi) is 16.2. The summed E-state index contributed by atoms with van der Waals surface area (Å²) in [5.41, 5.74) is 0.989. The first-order valence-corrected chi connectivity index (χ1v) is 15.4. The van der Waals surface area contributed by atoms with Gasteiger partial charge in [-0.25, -0.2) is 19.0 Å². The minimum atomic E-state index is -4.05. The number of anilines is 1. The van der Waals surface area contributed by atoms with Crippen molar-refractivity contribution in [2.45, 2.75) is 58.6 Å². The molecule has 0 radical (unpaired) electrons. The van der Waals surface area contributed by atoms with Crippen LogP contribution in [0.3, 0.4) is 0 Å². The summed E-state index contributed by atoms with van der Waals surface area (Å²) in [7, 11) is -0.493. The largest absolute Gasteiger partial charge is 0.462 e. The summed E-state index contributed by atoms with van der Waals surface area (Å²) in [6.07, 6.45) is 17.0. The number of alkyl halides is 1. The van der Waals surface area contributed by atoms with Crippen molar-refractivity contribution in [1.29, 1.82) is 0 Å². The Morgan fingerprint density at radius 3 is 2.42 bits per heavy atom. The van der Waals surface area contributed by atoms with E-state index in [1.165, 1.54) is 6.33 Å². The van der Waals surface area contributed by atoms with Crippen LogP contribution in [-0.2, 0) is 23.4 Å². The van der Waals surface area contributed by atoms with Gasteiger partial charge < -0.3 is 23.9 Å². The van der Waals surface area contributed by atoms with Gasteiger partial charge in [0.2, 0.25) is 5.85 Å². The standard InChI is InChI=1S/C19H29FNO6P.C7H8FN5.2C2H2/c1-5-17-15(4)11-19(20,26-17)13-24-28(23,21-12-18(22)25-14(2)3)27-16-9-7-6-8-10-16;1-13(2)6-4-5(10-3-9-4)11-7(8)12-6;2*1-2/h6-10,14-15,17H,5,11-13H2,1-4H3,(H,21,23);3H,1-2H3,(H,9,10,11,12);2*1-2H/t15-,17-,19-,28-;;;/m0.../s1. The van der Waals surface area contributed by atoms with E-state index < -0.39 is 38.8 Å². The zero-order valence-corrected chi connectivity index (χ0v) is 27.2. The summed E-state index contributed by atoms with van der Waals surface area (Å²) in [6, 6.07) is 8.31. The number of aromatic amines is 1. The van der Waals surface area contributed by atoms with Crippen LogP contribution in [0.5, 0.6) is 5.75 Å². The van der Waals surface area contributed by atoms with Crippen molar-refractivity contribution in [3.05, 3.63) is 42.7 Å². The van der Waals surface area contributed by atoms with E-state index in [-0.39, 0.29) is 30.3 Å². The molecule has 0 bridgehead atoms. The second-order valence-corrected chi connectivity index (χ2v) is 11.7. The van der Waals surface area contributed by atoms with E-state index in [9.17, 15) is 18.1 Å². The SMILES string of the molecule is C#C.C#C.CC[C@@H]1O[C@](F)(CO[P@@](=O)(NCC(=O)OC(C)C)Oc2ccccc2)C[C@@H]1C.CN(C)c1nc(F)nc2nc[nH]c12. The lowest BCUT2D eigenvalue weighted by molar-refractivity contribution is -0.156. The normalized spacial score (nSPS) is 19.8. The third kappa shape index (κ3) is 12.4. The lowest BCUT2D eigenvalue weighted by Gasteiger charge is -2.25. The number of rotatable bonds is 11. The van der Waals surface area contributed by atoms with Crippen LogP contribution in [0.1, 0.15) is 40.5 Å². The van der Waals surface area contributed by atoms with Crippen LogP contribution < -0.4 is 14.5 Å². The molecule has 0 unspecified atom stereocenters. The number of terminal acetylenes is 2. The predicted octanol–water partition coefficient (Wildman–Crippen LogP) is 5.29. The molecule has 3 aromatic rings. The number of carbonyl (C=O) groups excluding carboxylic acids is 1. The summed E-state index contributed by atoms with van der Waals surface area (Å²) in [5, 5.41) is 2.44. The number of H-pyrrole nitrogens is 1. The number of fused-ring (bicyclic) bond motifs is 1. The molecule has 1 aliphatic rings. The molecule has 2 N–H and O–H groups in total. The van der Waals surface area contributed by atoms with Crippen LogP contribution in [-0.4, -0.2) is 71.2 Å². The van der Waals surface area contributed by atoms with Gasteiger partial charge in [0.15, 0.2) is 11.5 Å². The highest BCUT2D eigenvalue weighted by Gasteiger charge is 2.46. The molecule has 4 rings (SSSR count). The number of hydrogen-bond acceptors (Lipinski definition) is 10. The van der Waals surface area contributed by atoms with Crippen molar-refractivity contribution in [3.8, 4) is 31.4 Å². The molecule has 12 nitrogen and oxygen atoms in total. The number of aromatic nitrogens is 4. The van der Waals surface area contributed by atoms with Crippen molar-refractivity contribution in [2.24, 2.45) is 5.92 Å². The molecule has 4 atom stereocenters. The molecule has 3 heterocycles. The third-order valence-corrected chi connectivity index (χ3v) is 7.36. The Hall–Kier alpha value is -4.07. The molecular weight excluding hydrogens is 609 g/mol. The smallest absolute Gasteiger partial charge is 0.459 e. The second-order valence-electron chi connectivity index (χ2n) is 9.99. The fraction of sp³-hybridized carbons (Fsp3) is 0.467. The van der Waals surface area contributed by atoms with Gasteiger partial charge in [-0.3, -0.25) is 9.32 Å². The minimum Gasteiger partial charge on any atom is -0.462 e. The highest BCUT2D eigenvalue weighted by Crippen LogP contribution is 2.47. The number of para-hydroxylation sites is 1. The Morgan fingerprint density at radius 2 is 1.87 bits per heavy atom. The molecule has 0 spiro atoms. The average Bonchev–Trinajstić information content (AvgIpc) is 3.60. The lowest BCUT2D eigenvalue weighted by Crippen LogP contribution is -2.32. The number of nitrogens with one attached hydrogen (secondary N) is 2. The molecule has 1 saturated heterocycles. The maximum absolute atomic E-state index is 15.0. The Morgan fingerprint density at radius 1 is 1.22 bits per heavy atom. The third-order valence-electron chi connectivity index (χ3n) is 5.89. The van der Waals surface area contributed by atoms with E-state index in [0.717, 1.165) is 0 Å². The predicted molar refractivity (Wildman–Crippen MR) is 168 cm³/mol. The molecule has 0 amide bonds. The first-order valence-electron chi connectivity index (χ1n) is 13.8. The Balaban J connectivity index is 0.000000493. The highest BCUT2D eigenvalue weighted by atomic mass is 31.2. The van der Waals surface area contributed by atoms with Gasteiger partial charge >= 0.3 is 19.8 Å². The van der Waals surface area contributed by atoms with Gasteiger partial charge in [-0.05, 0) is 38.3 Å². The number of hydrogen-bond donors (Lipinski definition) is 2. The van der Waals surface area contributed by atoms with Crippen molar-refractivity contribution >= 4 is 30.7 Å². The molecule has 1 fully saturated rings. The van der Waals surface area contributed by atoms with Gasteiger partial charge in [0, 0.05) is 20.5 Å². The fourth-order valence-electron chi connectivity index (χ4n) is 4.11. The second kappa shape index (κ2) is 18.7. The van der Waals surface area contributed by atoms with Crippen LogP contribution in [0.4, 0.5) is 14.6 Å². The number of halogens is 2. The molecule has 0 aliphatic carbocycles. The molecule has 1 aliphatic heterocycles. The van der Waals surface area contributed by atoms with Crippen molar-refractivity contribution in [2.75, 3.05) is 32.1 Å². The summed E-state index contributed by atoms with van der Waals surface area (Å²) >= 11 is 0. The van der Waals surface area contributed by atoms with Crippen molar-refractivity contribution in [1.82, 2.24) is 25.0 Å². The number of imidazole rings is 1. The summed E-state index contributed by atoms with van der Waals surface area (Å²) in [5.74, 6) is -1.91. The maximum Gasteiger partial charge on any atom is 0.459 e. The lowest BCUT2D eigenvalue weighted by atomic mass is 10.00. The van der Waals surface area contributed by atoms with E-state index in [2.05, 4.69) is 50.7 Å². The number of nitrogens with zero attached hydrogens (tertiary/aromatic N) is 4. The van der Waals surface area contributed by atoms with Crippen molar-refractivity contribution in [3.63, 3.8) is 0 Å². The zero-order valence-electron chi connectivity index (χ0n) is 26.3. The molecular formula is C30H41F2N6O6P. The first-order chi connectivity index (χ1) is 21.3. The van der Waals surface area contributed by atoms with Crippen LogP contribution >= 0.6 is 7.75 Å². The van der Waals surface area contributed by atoms with E-state index in [1.54, 1.807) is 63.2 Å². The summed E-state index contributed by atoms with van der Waals surface area (Å²) in [6.45, 7) is 6.23. The Labute approximate surface area is 263 Å². The van der Waals surface area contributed by atoms with Gasteiger partial charge in [0.1, 0.15) is 24.4 Å². The zero-order chi connectivity index (χ0) is 34.2.